The number of esters is 1. The first kappa shape index (κ1) is 14.4. The fourth-order valence-corrected chi connectivity index (χ4v) is 4.09. The highest BCUT2D eigenvalue weighted by Gasteiger charge is 2.33. The van der Waals surface area contributed by atoms with E-state index < -0.39 is 0 Å². The van der Waals surface area contributed by atoms with Gasteiger partial charge < -0.3 is 10.1 Å². The summed E-state index contributed by atoms with van der Waals surface area (Å²) in [6, 6.07) is 0. The maximum Gasteiger partial charge on any atom is 0.341 e. The zero-order valence-electron chi connectivity index (χ0n) is 12.4. The average Bonchev–Trinajstić information content (AvgIpc) is 2.74. The Morgan fingerprint density at radius 3 is 2.63 bits per heavy atom. The normalized spacial score (nSPS) is 18.9. The van der Waals surface area contributed by atoms with E-state index in [1.165, 1.54) is 17.6 Å². The van der Waals surface area contributed by atoms with Crippen LogP contribution in [0.1, 0.15) is 48.0 Å². The highest BCUT2D eigenvalue weighted by atomic mass is 32.1. The van der Waals surface area contributed by atoms with Gasteiger partial charge in [0.25, 0.3) is 0 Å². The summed E-state index contributed by atoms with van der Waals surface area (Å²) >= 11 is 1.71. The Labute approximate surface area is 119 Å². The Hall–Kier alpha value is -1.03. The van der Waals surface area contributed by atoms with Gasteiger partial charge in [0.05, 0.1) is 12.7 Å². The standard InChI is InChI=1S/C15H23NO2S/c1-15(2,3)9-6-7-10-11(8-9)19-13(16-4)12(10)14(17)18-5/h9,16H,6-8H2,1-5H3. The van der Waals surface area contributed by atoms with Crippen LogP contribution < -0.4 is 5.32 Å². The Kier molecular flexibility index (Phi) is 3.90. The summed E-state index contributed by atoms with van der Waals surface area (Å²) < 4.78 is 4.93. The average molecular weight is 281 g/mol. The van der Waals surface area contributed by atoms with Crippen LogP contribution in [0.15, 0.2) is 0 Å². The molecule has 0 aromatic carbocycles. The lowest BCUT2D eigenvalue weighted by Crippen LogP contribution is -2.26. The first-order valence-corrected chi connectivity index (χ1v) is 7.60. The number of carbonyl (C=O) groups excluding carboxylic acids is 1. The van der Waals surface area contributed by atoms with Crippen molar-refractivity contribution in [1.82, 2.24) is 0 Å². The number of carbonyl (C=O) groups is 1. The Morgan fingerprint density at radius 1 is 1.42 bits per heavy atom. The summed E-state index contributed by atoms with van der Waals surface area (Å²) in [7, 11) is 3.32. The maximum absolute atomic E-state index is 11.9. The molecule has 1 aliphatic carbocycles. The fraction of sp³-hybridized carbons (Fsp3) is 0.667. The molecule has 0 saturated carbocycles. The van der Waals surface area contributed by atoms with Gasteiger partial charge in [-0.05, 0) is 36.2 Å². The van der Waals surface area contributed by atoms with Crippen molar-refractivity contribution in [2.75, 3.05) is 19.5 Å². The molecule has 0 spiro atoms. The minimum absolute atomic E-state index is 0.212. The summed E-state index contributed by atoms with van der Waals surface area (Å²) in [5.41, 5.74) is 2.30. The molecule has 1 aromatic heterocycles. The second-order valence-corrected chi connectivity index (χ2v) is 7.36. The third-order valence-electron chi connectivity index (χ3n) is 4.11. The smallest absolute Gasteiger partial charge is 0.341 e. The van der Waals surface area contributed by atoms with Gasteiger partial charge >= 0.3 is 5.97 Å². The number of fused-ring (bicyclic) bond motifs is 1. The molecule has 1 atom stereocenters. The molecule has 0 radical (unpaired) electrons. The van der Waals surface area contributed by atoms with Crippen LogP contribution in [0, 0.1) is 11.3 Å². The second kappa shape index (κ2) is 5.16. The monoisotopic (exact) mass is 281 g/mol. The Morgan fingerprint density at radius 2 is 2.11 bits per heavy atom. The molecule has 1 aromatic rings. The van der Waals surface area contributed by atoms with Gasteiger partial charge in [-0.2, -0.15) is 0 Å². The molecule has 3 nitrogen and oxygen atoms in total. The van der Waals surface area contributed by atoms with Gasteiger partial charge in [-0.1, -0.05) is 20.8 Å². The molecule has 1 N–H and O–H groups in total. The number of thiophene rings is 1. The van der Waals surface area contributed by atoms with E-state index in [9.17, 15) is 4.79 Å². The van der Waals surface area contributed by atoms with Crippen molar-refractivity contribution in [3.05, 3.63) is 16.0 Å². The quantitative estimate of drug-likeness (QED) is 0.839. The van der Waals surface area contributed by atoms with Crippen LogP contribution in [0.3, 0.4) is 0 Å². The highest BCUT2D eigenvalue weighted by molar-refractivity contribution is 7.16. The zero-order chi connectivity index (χ0) is 14.2. The van der Waals surface area contributed by atoms with Gasteiger partial charge in [-0.25, -0.2) is 4.79 Å². The molecule has 0 fully saturated rings. The first-order valence-electron chi connectivity index (χ1n) is 6.79. The summed E-state index contributed by atoms with van der Waals surface area (Å²) in [6.07, 6.45) is 3.22. The van der Waals surface area contributed by atoms with E-state index in [0.29, 0.717) is 11.3 Å². The van der Waals surface area contributed by atoms with E-state index in [2.05, 4.69) is 26.1 Å². The zero-order valence-corrected chi connectivity index (χ0v) is 13.2. The Balaban J connectivity index is 2.38. The van der Waals surface area contributed by atoms with Gasteiger partial charge in [0, 0.05) is 11.9 Å². The van der Waals surface area contributed by atoms with E-state index in [0.717, 1.165) is 29.8 Å². The summed E-state index contributed by atoms with van der Waals surface area (Å²) in [6.45, 7) is 6.91. The molecule has 0 amide bonds. The predicted molar refractivity (Wildman–Crippen MR) is 80.2 cm³/mol. The number of nitrogens with one attached hydrogen (secondary N) is 1. The van der Waals surface area contributed by atoms with Crippen molar-refractivity contribution < 1.29 is 9.53 Å². The molecule has 2 rings (SSSR count). The predicted octanol–water partition coefficient (Wildman–Crippen LogP) is 3.73. The molecule has 0 bridgehead atoms. The molecular weight excluding hydrogens is 258 g/mol. The lowest BCUT2D eigenvalue weighted by molar-refractivity contribution is 0.0600. The van der Waals surface area contributed by atoms with Crippen LogP contribution in [0.25, 0.3) is 0 Å². The lowest BCUT2D eigenvalue weighted by Gasteiger charge is -2.33. The van der Waals surface area contributed by atoms with Crippen molar-refractivity contribution in [2.24, 2.45) is 11.3 Å². The van der Waals surface area contributed by atoms with Crippen molar-refractivity contribution in [2.45, 2.75) is 40.0 Å². The number of anilines is 1. The number of ether oxygens (including phenoxy) is 1. The van der Waals surface area contributed by atoms with Crippen molar-refractivity contribution >= 4 is 22.3 Å². The van der Waals surface area contributed by atoms with Crippen molar-refractivity contribution in [3.63, 3.8) is 0 Å². The minimum atomic E-state index is -0.212. The molecule has 1 unspecified atom stereocenters. The molecule has 19 heavy (non-hydrogen) atoms. The van der Waals surface area contributed by atoms with Gasteiger partial charge in [0.15, 0.2) is 0 Å². The number of methoxy groups -OCH3 is 1. The number of rotatable bonds is 2. The molecule has 0 saturated heterocycles. The maximum atomic E-state index is 11.9. The molecule has 4 heteroatoms. The summed E-state index contributed by atoms with van der Waals surface area (Å²) in [5.74, 6) is 0.477. The fourth-order valence-electron chi connectivity index (χ4n) is 2.82. The summed E-state index contributed by atoms with van der Waals surface area (Å²) in [4.78, 5) is 13.3. The van der Waals surface area contributed by atoms with Crippen LogP contribution in [-0.2, 0) is 17.6 Å². The van der Waals surface area contributed by atoms with Crippen molar-refractivity contribution in [1.29, 1.82) is 0 Å². The van der Waals surface area contributed by atoms with Gasteiger partial charge in [-0.15, -0.1) is 11.3 Å². The van der Waals surface area contributed by atoms with Crippen LogP contribution >= 0.6 is 11.3 Å². The van der Waals surface area contributed by atoms with E-state index >= 15 is 0 Å². The van der Waals surface area contributed by atoms with Gasteiger partial charge in [0.1, 0.15) is 5.00 Å². The topological polar surface area (TPSA) is 38.3 Å². The van der Waals surface area contributed by atoms with Crippen LogP contribution in [0.5, 0.6) is 0 Å². The molecule has 1 heterocycles. The SMILES string of the molecule is CNc1sc2c(c1C(=O)OC)CCC(C(C)(C)C)C2. The van der Waals surface area contributed by atoms with E-state index in [-0.39, 0.29) is 5.97 Å². The summed E-state index contributed by atoms with van der Waals surface area (Å²) in [5, 5.41) is 4.09. The third kappa shape index (κ3) is 2.64. The largest absolute Gasteiger partial charge is 0.465 e. The third-order valence-corrected chi connectivity index (χ3v) is 5.38. The van der Waals surface area contributed by atoms with Gasteiger partial charge in [-0.3, -0.25) is 0 Å². The number of hydrogen-bond donors (Lipinski definition) is 1. The van der Waals surface area contributed by atoms with Crippen LogP contribution in [0.4, 0.5) is 5.00 Å². The minimum Gasteiger partial charge on any atom is -0.465 e. The van der Waals surface area contributed by atoms with E-state index in [4.69, 9.17) is 4.74 Å². The van der Waals surface area contributed by atoms with Crippen molar-refractivity contribution in [3.8, 4) is 0 Å². The first-order chi connectivity index (χ1) is 8.88. The molecular formula is C15H23NO2S. The van der Waals surface area contributed by atoms with E-state index in [1.54, 1.807) is 11.3 Å². The van der Waals surface area contributed by atoms with Gasteiger partial charge in [0.2, 0.25) is 0 Å². The molecule has 0 aliphatic heterocycles. The number of hydrogen-bond acceptors (Lipinski definition) is 4. The second-order valence-electron chi connectivity index (χ2n) is 6.26. The van der Waals surface area contributed by atoms with Crippen LogP contribution in [0.2, 0.25) is 0 Å². The highest BCUT2D eigenvalue weighted by Crippen LogP contribution is 2.44. The lowest BCUT2D eigenvalue weighted by atomic mass is 9.72. The Bertz CT molecular complexity index is 485. The van der Waals surface area contributed by atoms with Crippen LogP contribution in [-0.4, -0.2) is 20.1 Å². The van der Waals surface area contributed by atoms with E-state index in [1.807, 2.05) is 7.05 Å². The molecule has 1 aliphatic rings. The molecule has 106 valence electrons.